The van der Waals surface area contributed by atoms with Crippen molar-refractivity contribution in [2.24, 2.45) is 5.10 Å². The van der Waals surface area contributed by atoms with Gasteiger partial charge in [0.2, 0.25) is 0 Å². The number of nitrogens with zero attached hydrogens (tertiary/aromatic N) is 1. The lowest BCUT2D eigenvalue weighted by molar-refractivity contribution is -0.140. The number of H-pyrrole nitrogens is 1. The quantitative estimate of drug-likeness (QED) is 0.271. The van der Waals surface area contributed by atoms with Crippen molar-refractivity contribution >= 4 is 40.2 Å². The van der Waals surface area contributed by atoms with Crippen LogP contribution in [0.4, 0.5) is 23.2 Å². The molecule has 10 heteroatoms. The van der Waals surface area contributed by atoms with E-state index in [1.165, 1.54) is 24.4 Å². The van der Waals surface area contributed by atoms with Crippen LogP contribution in [-0.4, -0.2) is 23.0 Å². The number of rotatable bonds is 4. The summed E-state index contributed by atoms with van der Waals surface area (Å²) in [5.74, 6) is -0.970. The number of halogens is 4. The van der Waals surface area contributed by atoms with Crippen molar-refractivity contribution in [1.82, 2.24) is 10.4 Å². The number of nitrogens with one attached hydrogen (secondary N) is 3. The van der Waals surface area contributed by atoms with Gasteiger partial charge in [0, 0.05) is 22.2 Å². The molecule has 2 amide bonds. The minimum atomic E-state index is -4.96. The van der Waals surface area contributed by atoms with Crippen LogP contribution in [0.3, 0.4) is 0 Å². The summed E-state index contributed by atoms with van der Waals surface area (Å²) in [7, 11) is 0. The average Bonchev–Trinajstić information content (AvgIpc) is 3.07. The molecule has 1 aromatic heterocycles. The van der Waals surface area contributed by atoms with Gasteiger partial charge < -0.3 is 10.3 Å². The number of aromatic amines is 1. The van der Waals surface area contributed by atoms with E-state index in [0.717, 1.165) is 12.1 Å². The van der Waals surface area contributed by atoms with Crippen molar-refractivity contribution in [3.8, 4) is 12.3 Å². The fourth-order valence-electron chi connectivity index (χ4n) is 3.77. The van der Waals surface area contributed by atoms with E-state index in [1.54, 1.807) is 19.1 Å². The summed E-state index contributed by atoms with van der Waals surface area (Å²) in [6, 6.07) is 5.25. The van der Waals surface area contributed by atoms with Crippen molar-refractivity contribution in [3.63, 3.8) is 0 Å². The van der Waals surface area contributed by atoms with E-state index in [0.29, 0.717) is 33.8 Å². The van der Waals surface area contributed by atoms with Crippen LogP contribution in [0.25, 0.3) is 16.5 Å². The molecule has 4 rings (SSSR count). The summed E-state index contributed by atoms with van der Waals surface area (Å²) in [6.45, 7) is 1.79. The maximum atomic E-state index is 14.4. The third-order valence-electron chi connectivity index (χ3n) is 5.31. The maximum Gasteiger partial charge on any atom is 0.419 e. The Bertz CT molecular complexity index is 1500. The van der Waals surface area contributed by atoms with Gasteiger partial charge in [0.25, 0.3) is 11.8 Å². The summed E-state index contributed by atoms with van der Waals surface area (Å²) < 4.78 is 53.6. The summed E-state index contributed by atoms with van der Waals surface area (Å²) in [5, 5.41) is 6.81. The number of hydrogen-bond acceptors (Lipinski definition) is 3. The van der Waals surface area contributed by atoms with Crippen molar-refractivity contribution < 1.29 is 27.2 Å². The van der Waals surface area contributed by atoms with Gasteiger partial charge in [-0.25, -0.2) is 9.82 Å². The molecule has 0 unspecified atom stereocenters. The zero-order chi connectivity index (χ0) is 25.3. The lowest BCUT2D eigenvalue weighted by Gasteiger charge is -2.12. The van der Waals surface area contributed by atoms with Gasteiger partial charge in [-0.1, -0.05) is 18.1 Å². The zero-order valence-corrected chi connectivity index (χ0v) is 18.0. The first-order chi connectivity index (χ1) is 16.7. The van der Waals surface area contributed by atoms with Gasteiger partial charge in [0.15, 0.2) is 0 Å². The van der Waals surface area contributed by atoms with E-state index in [-0.39, 0.29) is 11.3 Å². The SMILES string of the molecule is C#C/C=C\C(=C/C)c1[nH]c2cc(NC(=O)c3cccc(C(F)(F)F)c3F)cc3c2c1C=NNC3=O. The standard InChI is InChI=1S/C25H16F4N4O2/c1-3-5-7-13(4-2)22-17-12-30-33-24(35)16-10-14(11-19(32-22)20(16)17)31-23(34)15-8-6-9-18(21(15)26)25(27,28)29/h1,4-12,32H,2H3,(H,31,34)(H,33,35)/b7-5-,13-4+. The van der Waals surface area contributed by atoms with Crippen molar-refractivity contribution in [2.75, 3.05) is 5.32 Å². The molecule has 0 spiro atoms. The third kappa shape index (κ3) is 4.31. The van der Waals surface area contributed by atoms with Crippen LogP contribution >= 0.6 is 0 Å². The minimum Gasteiger partial charge on any atom is -0.354 e. The predicted octanol–water partition coefficient (Wildman–Crippen LogP) is 5.25. The molecule has 2 aromatic carbocycles. The third-order valence-corrected chi connectivity index (χ3v) is 5.31. The van der Waals surface area contributed by atoms with Gasteiger partial charge >= 0.3 is 6.18 Å². The monoisotopic (exact) mass is 480 g/mol. The Hall–Kier alpha value is -4.65. The second-order valence-corrected chi connectivity index (χ2v) is 7.42. The molecule has 2 heterocycles. The molecule has 0 aliphatic carbocycles. The Labute approximate surface area is 196 Å². The molecule has 1 aliphatic heterocycles. The molecular weight excluding hydrogens is 464 g/mol. The molecule has 0 saturated carbocycles. The largest absolute Gasteiger partial charge is 0.419 e. The van der Waals surface area contributed by atoms with E-state index in [9.17, 15) is 27.2 Å². The number of terminal acetylenes is 1. The van der Waals surface area contributed by atoms with Gasteiger partial charge in [0.1, 0.15) is 5.82 Å². The molecule has 176 valence electrons. The van der Waals surface area contributed by atoms with Gasteiger partial charge in [0.05, 0.1) is 28.6 Å². The smallest absolute Gasteiger partial charge is 0.354 e. The lowest BCUT2D eigenvalue weighted by Crippen LogP contribution is -2.19. The van der Waals surface area contributed by atoms with E-state index in [4.69, 9.17) is 6.42 Å². The predicted molar refractivity (Wildman–Crippen MR) is 124 cm³/mol. The second kappa shape index (κ2) is 8.95. The first kappa shape index (κ1) is 23.5. The highest BCUT2D eigenvalue weighted by molar-refractivity contribution is 6.18. The number of allylic oxidation sites excluding steroid dienone is 4. The molecule has 3 N–H and O–H groups in total. The first-order valence-electron chi connectivity index (χ1n) is 10.1. The van der Waals surface area contributed by atoms with Gasteiger partial charge in [-0.05, 0) is 48.9 Å². The number of aromatic nitrogens is 1. The average molecular weight is 480 g/mol. The summed E-state index contributed by atoms with van der Waals surface area (Å²) in [6.07, 6.45) is 6.79. The molecule has 35 heavy (non-hydrogen) atoms. The Morgan fingerprint density at radius 3 is 2.71 bits per heavy atom. The van der Waals surface area contributed by atoms with Crippen molar-refractivity contribution in [1.29, 1.82) is 0 Å². The Kier molecular flexibility index (Phi) is 6.01. The molecule has 0 fully saturated rings. The fourth-order valence-corrected chi connectivity index (χ4v) is 3.77. The van der Waals surface area contributed by atoms with Crippen molar-refractivity contribution in [2.45, 2.75) is 13.1 Å². The molecule has 0 atom stereocenters. The Balaban J connectivity index is 1.81. The minimum absolute atomic E-state index is 0.0620. The molecule has 0 radical (unpaired) electrons. The highest BCUT2D eigenvalue weighted by Gasteiger charge is 2.35. The summed E-state index contributed by atoms with van der Waals surface area (Å²) in [5.41, 5.74) is 2.55. The molecule has 0 bridgehead atoms. The zero-order valence-electron chi connectivity index (χ0n) is 18.0. The van der Waals surface area contributed by atoms with E-state index < -0.39 is 34.9 Å². The van der Waals surface area contributed by atoms with Crippen LogP contribution < -0.4 is 10.7 Å². The number of carbonyl (C=O) groups is 2. The van der Waals surface area contributed by atoms with E-state index >= 15 is 0 Å². The van der Waals surface area contributed by atoms with Crippen LogP contribution in [0.2, 0.25) is 0 Å². The van der Waals surface area contributed by atoms with Gasteiger partial charge in [-0.15, -0.1) is 6.42 Å². The summed E-state index contributed by atoms with van der Waals surface area (Å²) in [4.78, 5) is 28.5. The highest BCUT2D eigenvalue weighted by Crippen LogP contribution is 2.35. The van der Waals surface area contributed by atoms with Crippen molar-refractivity contribution in [3.05, 3.63) is 82.3 Å². The van der Waals surface area contributed by atoms with Crippen LogP contribution in [0.15, 0.2) is 53.7 Å². The number of amides is 2. The Morgan fingerprint density at radius 2 is 2.03 bits per heavy atom. The van der Waals surface area contributed by atoms with Crippen LogP contribution in [0.1, 0.15) is 44.5 Å². The number of carbonyl (C=O) groups excluding carboxylic acids is 2. The number of benzene rings is 2. The first-order valence-corrected chi connectivity index (χ1v) is 10.1. The number of anilines is 1. The Morgan fingerprint density at radius 1 is 1.26 bits per heavy atom. The molecule has 3 aromatic rings. The maximum absolute atomic E-state index is 14.4. The lowest BCUT2D eigenvalue weighted by atomic mass is 10.0. The highest BCUT2D eigenvalue weighted by atomic mass is 19.4. The molecule has 0 saturated heterocycles. The molecule has 6 nitrogen and oxygen atoms in total. The fraction of sp³-hybridized carbons (Fsp3) is 0.0800. The van der Waals surface area contributed by atoms with Crippen LogP contribution in [-0.2, 0) is 6.18 Å². The van der Waals surface area contributed by atoms with Gasteiger partial charge in [-0.3, -0.25) is 9.59 Å². The molecule has 1 aliphatic rings. The van der Waals surface area contributed by atoms with E-state index in [1.807, 2.05) is 0 Å². The topological polar surface area (TPSA) is 86.3 Å². The second-order valence-electron chi connectivity index (χ2n) is 7.42. The van der Waals surface area contributed by atoms with Gasteiger partial charge in [-0.2, -0.15) is 18.3 Å². The normalized spacial score (nSPS) is 13.6. The number of alkyl halides is 3. The number of hydrogen-bond donors (Lipinski definition) is 3. The van der Waals surface area contributed by atoms with Crippen LogP contribution in [0, 0.1) is 18.2 Å². The molecular formula is C25H16F4N4O2. The number of hydrazone groups is 1. The van der Waals surface area contributed by atoms with E-state index in [2.05, 4.69) is 26.7 Å². The summed E-state index contributed by atoms with van der Waals surface area (Å²) >= 11 is 0. The van der Waals surface area contributed by atoms with Crippen LogP contribution in [0.5, 0.6) is 0 Å².